The van der Waals surface area contributed by atoms with Gasteiger partial charge in [0.2, 0.25) is 0 Å². The quantitative estimate of drug-likeness (QED) is 0.491. The molecule has 0 radical (unpaired) electrons. The van der Waals surface area contributed by atoms with E-state index in [0.29, 0.717) is 0 Å². The van der Waals surface area contributed by atoms with Gasteiger partial charge < -0.3 is 9.47 Å². The molecular weight excluding hydrogens is 376 g/mol. The molecule has 162 valence electrons. The molecule has 1 aromatic carbocycles. The Morgan fingerprint density at radius 3 is 2.03 bits per heavy atom. The van der Waals surface area contributed by atoms with Crippen LogP contribution in [0.5, 0.6) is 0 Å². The van der Waals surface area contributed by atoms with Gasteiger partial charge in [-0.15, -0.1) is 0 Å². The fourth-order valence-electron chi connectivity index (χ4n) is 5.55. The zero-order valence-corrected chi connectivity index (χ0v) is 18.4. The number of rotatable bonds is 4. The lowest BCUT2D eigenvalue weighted by Gasteiger charge is -2.43. The van der Waals surface area contributed by atoms with Gasteiger partial charge in [-0.3, -0.25) is 9.59 Å². The highest BCUT2D eigenvalue weighted by molar-refractivity contribution is 5.84. The van der Waals surface area contributed by atoms with Gasteiger partial charge in [0, 0.05) is 5.92 Å². The Hall–Kier alpha value is -2.10. The molecule has 4 nitrogen and oxygen atoms in total. The molecule has 2 bridgehead atoms. The number of benzene rings is 1. The zero-order valence-electron chi connectivity index (χ0n) is 18.4. The van der Waals surface area contributed by atoms with Gasteiger partial charge in [-0.05, 0) is 70.3 Å². The lowest BCUT2D eigenvalue weighted by molar-refractivity contribution is -0.178. The van der Waals surface area contributed by atoms with Crippen LogP contribution in [0.15, 0.2) is 42.5 Å². The Balaban J connectivity index is 1.53. The van der Waals surface area contributed by atoms with Crippen LogP contribution in [0.3, 0.4) is 0 Å². The third kappa shape index (κ3) is 4.48. The molecule has 0 unspecified atom stereocenters. The zero-order chi connectivity index (χ0) is 21.3. The van der Waals surface area contributed by atoms with E-state index in [0.717, 1.165) is 38.5 Å². The second-order valence-corrected chi connectivity index (χ2v) is 10.2. The predicted molar refractivity (Wildman–Crippen MR) is 116 cm³/mol. The van der Waals surface area contributed by atoms with E-state index >= 15 is 0 Å². The van der Waals surface area contributed by atoms with Gasteiger partial charge in [0.25, 0.3) is 0 Å². The third-order valence-electron chi connectivity index (χ3n) is 6.90. The molecule has 1 aromatic rings. The molecule has 4 heteroatoms. The molecule has 2 saturated carbocycles. The largest absolute Gasteiger partial charge is 0.461 e. The molecule has 6 atom stereocenters. The van der Waals surface area contributed by atoms with Crippen LogP contribution in [-0.4, -0.2) is 23.6 Å². The standard InChI is InChI=1S/C26H34O4/c1-26(2,3)30-25(28)23-19-15-13-18(14-16-19)22(23)24(27)29-21-12-8-7-11-20(21)17-9-5-4-6-10-17/h4-6,9-10,13,15,18-23H,7-8,11-12,14,16H2,1-3H3/t18-,19+,20-,21+,22-,23+/m0/s1. The Kier molecular flexibility index (Phi) is 6.04. The SMILES string of the molecule is CC(C)(C)OC(=O)[C@H]1[C@@H](C(=O)O[C@@H]2CCCC[C@H]2c2ccccc2)[C@H]2C=C[C@@H]1CC2. The van der Waals surface area contributed by atoms with Crippen LogP contribution in [0.4, 0.5) is 0 Å². The summed E-state index contributed by atoms with van der Waals surface area (Å²) in [7, 11) is 0. The minimum absolute atomic E-state index is 0.0682. The first-order chi connectivity index (χ1) is 14.3. The molecule has 2 fully saturated rings. The maximum atomic E-state index is 13.4. The van der Waals surface area contributed by atoms with Gasteiger partial charge in [0.05, 0.1) is 11.8 Å². The Labute approximate surface area is 180 Å². The molecular formula is C26H34O4. The van der Waals surface area contributed by atoms with E-state index in [2.05, 4.69) is 24.3 Å². The van der Waals surface area contributed by atoms with Gasteiger partial charge in [0.1, 0.15) is 11.7 Å². The molecule has 30 heavy (non-hydrogen) atoms. The Morgan fingerprint density at radius 1 is 0.833 bits per heavy atom. The van der Waals surface area contributed by atoms with E-state index in [-0.39, 0.29) is 35.8 Å². The smallest absolute Gasteiger partial charge is 0.310 e. The van der Waals surface area contributed by atoms with Crippen molar-refractivity contribution in [3.8, 4) is 0 Å². The first kappa shape index (κ1) is 21.1. The summed E-state index contributed by atoms with van der Waals surface area (Å²) < 4.78 is 11.9. The molecule has 5 rings (SSSR count). The van der Waals surface area contributed by atoms with Crippen molar-refractivity contribution in [2.24, 2.45) is 23.7 Å². The molecule has 0 aromatic heterocycles. The van der Waals surface area contributed by atoms with Gasteiger partial charge in [-0.2, -0.15) is 0 Å². The fraction of sp³-hybridized carbons (Fsp3) is 0.615. The molecule has 0 spiro atoms. The lowest BCUT2D eigenvalue weighted by Crippen LogP contribution is -2.48. The van der Waals surface area contributed by atoms with Crippen LogP contribution in [-0.2, 0) is 19.1 Å². The minimum atomic E-state index is -0.562. The van der Waals surface area contributed by atoms with Crippen molar-refractivity contribution in [1.29, 1.82) is 0 Å². The third-order valence-corrected chi connectivity index (χ3v) is 6.90. The van der Waals surface area contributed by atoms with Crippen LogP contribution in [0, 0.1) is 23.7 Å². The summed E-state index contributed by atoms with van der Waals surface area (Å²) in [6, 6.07) is 10.4. The average Bonchev–Trinajstić information content (AvgIpc) is 2.73. The minimum Gasteiger partial charge on any atom is -0.461 e. The maximum absolute atomic E-state index is 13.4. The summed E-state index contributed by atoms with van der Waals surface area (Å²) in [5, 5.41) is 0. The number of esters is 2. The maximum Gasteiger partial charge on any atom is 0.310 e. The number of ether oxygens (including phenoxy) is 2. The second kappa shape index (κ2) is 8.56. The summed E-state index contributed by atoms with van der Waals surface area (Å²) in [5.41, 5.74) is 0.678. The van der Waals surface area contributed by atoms with E-state index < -0.39 is 17.4 Å². The number of hydrogen-bond acceptors (Lipinski definition) is 4. The number of carbonyl (C=O) groups excluding carboxylic acids is 2. The van der Waals surface area contributed by atoms with Crippen molar-refractivity contribution in [1.82, 2.24) is 0 Å². The van der Waals surface area contributed by atoms with Crippen LogP contribution in [0.2, 0.25) is 0 Å². The summed E-state index contributed by atoms with van der Waals surface area (Å²) >= 11 is 0. The summed E-state index contributed by atoms with van der Waals surface area (Å²) in [6.07, 6.45) is 10.2. The van der Waals surface area contributed by atoms with Crippen molar-refractivity contribution < 1.29 is 19.1 Å². The first-order valence-corrected chi connectivity index (χ1v) is 11.5. The highest BCUT2D eigenvalue weighted by Gasteiger charge is 2.51. The van der Waals surface area contributed by atoms with Crippen LogP contribution in [0.1, 0.15) is 70.8 Å². The van der Waals surface area contributed by atoms with Gasteiger partial charge >= 0.3 is 11.9 Å². The van der Waals surface area contributed by atoms with E-state index in [1.54, 1.807) is 0 Å². The highest BCUT2D eigenvalue weighted by atomic mass is 16.6. The summed E-state index contributed by atoms with van der Waals surface area (Å²) in [6.45, 7) is 5.63. The molecule has 0 amide bonds. The van der Waals surface area contributed by atoms with Crippen molar-refractivity contribution in [2.45, 2.75) is 76.9 Å². The predicted octanol–water partition coefficient (Wildman–Crippen LogP) is 5.43. The van der Waals surface area contributed by atoms with Crippen LogP contribution >= 0.6 is 0 Å². The van der Waals surface area contributed by atoms with Crippen molar-refractivity contribution in [2.75, 3.05) is 0 Å². The number of allylic oxidation sites excluding steroid dienone is 2. The summed E-state index contributed by atoms with van der Waals surface area (Å²) in [4.78, 5) is 26.5. The molecule has 0 heterocycles. The second-order valence-electron chi connectivity index (χ2n) is 10.2. The van der Waals surface area contributed by atoms with E-state index in [1.807, 2.05) is 39.0 Å². The fourth-order valence-corrected chi connectivity index (χ4v) is 5.55. The normalized spacial score (nSPS) is 33.2. The van der Waals surface area contributed by atoms with Crippen LogP contribution < -0.4 is 0 Å². The number of hydrogen-bond donors (Lipinski definition) is 0. The van der Waals surface area contributed by atoms with Crippen LogP contribution in [0.25, 0.3) is 0 Å². The molecule has 0 N–H and O–H groups in total. The lowest BCUT2D eigenvalue weighted by atomic mass is 9.62. The number of carbonyl (C=O) groups is 2. The Bertz CT molecular complexity index is 791. The highest BCUT2D eigenvalue weighted by Crippen LogP contribution is 2.47. The van der Waals surface area contributed by atoms with E-state index in [9.17, 15) is 9.59 Å². The van der Waals surface area contributed by atoms with E-state index in [4.69, 9.17) is 9.47 Å². The number of fused-ring (bicyclic) bond motifs is 2. The van der Waals surface area contributed by atoms with Crippen molar-refractivity contribution in [3.63, 3.8) is 0 Å². The molecule has 4 aliphatic carbocycles. The molecule has 0 saturated heterocycles. The van der Waals surface area contributed by atoms with Gasteiger partial charge in [0.15, 0.2) is 0 Å². The van der Waals surface area contributed by atoms with Gasteiger partial charge in [-0.25, -0.2) is 0 Å². The molecule has 4 aliphatic rings. The van der Waals surface area contributed by atoms with E-state index in [1.165, 1.54) is 5.56 Å². The molecule has 0 aliphatic heterocycles. The average molecular weight is 411 g/mol. The summed E-state index contributed by atoms with van der Waals surface area (Å²) in [5.74, 6) is -0.955. The van der Waals surface area contributed by atoms with Gasteiger partial charge in [-0.1, -0.05) is 48.9 Å². The van der Waals surface area contributed by atoms with Crippen molar-refractivity contribution in [3.05, 3.63) is 48.0 Å². The first-order valence-electron chi connectivity index (χ1n) is 11.5. The monoisotopic (exact) mass is 410 g/mol. The Morgan fingerprint density at radius 2 is 1.43 bits per heavy atom. The van der Waals surface area contributed by atoms with Crippen molar-refractivity contribution >= 4 is 11.9 Å². The topological polar surface area (TPSA) is 52.6 Å².